The Balaban J connectivity index is 2.52. The quantitative estimate of drug-likeness (QED) is 0.685. The van der Waals surface area contributed by atoms with Gasteiger partial charge < -0.3 is 14.7 Å². The van der Waals surface area contributed by atoms with Crippen molar-refractivity contribution in [2.75, 3.05) is 46.0 Å². The normalized spacial score (nSPS) is 20.7. The summed E-state index contributed by atoms with van der Waals surface area (Å²) < 4.78 is 5.30. The summed E-state index contributed by atoms with van der Waals surface area (Å²) in [4.78, 5) is 15.9. The first-order chi connectivity index (χ1) is 8.58. The lowest BCUT2D eigenvalue weighted by Crippen LogP contribution is -2.51. The third kappa shape index (κ3) is 4.40. The number of hydrogen-bond acceptors (Lipinski definition) is 4. The van der Waals surface area contributed by atoms with Gasteiger partial charge in [-0.05, 0) is 13.8 Å². The summed E-state index contributed by atoms with van der Waals surface area (Å²) in [6, 6.07) is -0.0637. The smallest absolute Gasteiger partial charge is 0.237 e. The average Bonchev–Trinajstić information content (AvgIpc) is 2.36. The van der Waals surface area contributed by atoms with Crippen LogP contribution in [0, 0.1) is 0 Å². The maximum absolute atomic E-state index is 12.2. The Kier molecular flexibility index (Phi) is 6.32. The van der Waals surface area contributed by atoms with Crippen LogP contribution in [0.2, 0.25) is 0 Å². The number of ether oxygens (including phenoxy) is 1. The lowest BCUT2D eigenvalue weighted by Gasteiger charge is -2.35. The summed E-state index contributed by atoms with van der Waals surface area (Å²) in [6.45, 7) is 11.2. The molecule has 0 bridgehead atoms. The third-order valence-corrected chi connectivity index (χ3v) is 3.09. The molecule has 1 saturated heterocycles. The van der Waals surface area contributed by atoms with Crippen LogP contribution in [-0.4, -0.2) is 72.9 Å². The van der Waals surface area contributed by atoms with Gasteiger partial charge in [-0.15, -0.1) is 0 Å². The predicted octanol–water partition coefficient (Wildman–Crippen LogP) is 0.104. The van der Waals surface area contributed by atoms with E-state index in [1.165, 1.54) is 0 Å². The Bertz CT molecular complexity index is 294. The number of aliphatic hydroxyl groups excluding tert-OH is 1. The number of amides is 1. The molecule has 1 unspecified atom stereocenters. The molecule has 1 amide bonds. The van der Waals surface area contributed by atoms with Crippen LogP contribution in [0.15, 0.2) is 12.2 Å². The molecule has 0 aromatic heterocycles. The number of likely N-dealkylation sites (N-methyl/N-ethyl adjacent to an activating group) is 1. The second kappa shape index (κ2) is 7.51. The van der Waals surface area contributed by atoms with E-state index >= 15 is 0 Å². The lowest BCUT2D eigenvalue weighted by atomic mass is 10.2. The van der Waals surface area contributed by atoms with Crippen molar-refractivity contribution in [2.24, 2.45) is 0 Å². The predicted molar refractivity (Wildman–Crippen MR) is 70.3 cm³/mol. The van der Waals surface area contributed by atoms with E-state index in [9.17, 15) is 9.90 Å². The van der Waals surface area contributed by atoms with E-state index in [4.69, 9.17) is 4.74 Å². The topological polar surface area (TPSA) is 53.0 Å². The highest BCUT2D eigenvalue weighted by Crippen LogP contribution is 2.07. The molecule has 0 radical (unpaired) electrons. The van der Waals surface area contributed by atoms with E-state index in [0.717, 1.165) is 5.57 Å². The monoisotopic (exact) mass is 256 g/mol. The zero-order chi connectivity index (χ0) is 13.5. The lowest BCUT2D eigenvalue weighted by molar-refractivity contribution is -0.134. The van der Waals surface area contributed by atoms with Crippen LogP contribution in [-0.2, 0) is 9.53 Å². The van der Waals surface area contributed by atoms with Gasteiger partial charge in [0.2, 0.25) is 5.91 Å². The average molecular weight is 256 g/mol. The first kappa shape index (κ1) is 15.1. The number of aliphatic hydroxyl groups is 1. The molecule has 1 fully saturated rings. The van der Waals surface area contributed by atoms with Gasteiger partial charge in [0.1, 0.15) is 0 Å². The molecule has 5 heteroatoms. The third-order valence-electron chi connectivity index (χ3n) is 3.09. The molecule has 1 aliphatic rings. The minimum atomic E-state index is -0.0637. The number of hydrogen-bond donors (Lipinski definition) is 1. The number of rotatable bonds is 6. The molecule has 18 heavy (non-hydrogen) atoms. The number of carbonyl (C=O) groups is 1. The van der Waals surface area contributed by atoms with E-state index < -0.39 is 0 Å². The van der Waals surface area contributed by atoms with Crippen LogP contribution in [0.1, 0.15) is 13.8 Å². The van der Waals surface area contributed by atoms with Gasteiger partial charge >= 0.3 is 0 Å². The molecule has 1 aliphatic heterocycles. The first-order valence-corrected chi connectivity index (χ1v) is 6.43. The van der Waals surface area contributed by atoms with E-state index in [1.54, 1.807) is 4.90 Å². The minimum absolute atomic E-state index is 0.0277. The molecule has 1 heterocycles. The molecule has 1 rings (SSSR count). The van der Waals surface area contributed by atoms with Crippen molar-refractivity contribution in [3.63, 3.8) is 0 Å². The van der Waals surface area contributed by atoms with Gasteiger partial charge in [0.25, 0.3) is 0 Å². The second-order valence-electron chi connectivity index (χ2n) is 4.75. The van der Waals surface area contributed by atoms with Crippen molar-refractivity contribution in [3.8, 4) is 0 Å². The highest BCUT2D eigenvalue weighted by atomic mass is 16.5. The van der Waals surface area contributed by atoms with Gasteiger partial charge in [0, 0.05) is 19.6 Å². The van der Waals surface area contributed by atoms with Gasteiger partial charge in [-0.25, -0.2) is 0 Å². The molecule has 0 aromatic carbocycles. The second-order valence-corrected chi connectivity index (χ2v) is 4.75. The molecule has 1 atom stereocenters. The molecule has 104 valence electrons. The first-order valence-electron chi connectivity index (χ1n) is 6.43. The van der Waals surface area contributed by atoms with Crippen LogP contribution in [0.4, 0.5) is 0 Å². The summed E-state index contributed by atoms with van der Waals surface area (Å²) >= 11 is 0. The Morgan fingerprint density at radius 3 is 2.89 bits per heavy atom. The minimum Gasteiger partial charge on any atom is -0.395 e. The van der Waals surface area contributed by atoms with Gasteiger partial charge in [-0.2, -0.15) is 0 Å². The zero-order valence-electron chi connectivity index (χ0n) is 11.4. The van der Waals surface area contributed by atoms with Crippen molar-refractivity contribution in [2.45, 2.75) is 19.9 Å². The Hall–Kier alpha value is -0.910. The van der Waals surface area contributed by atoms with E-state index in [-0.39, 0.29) is 18.6 Å². The highest BCUT2D eigenvalue weighted by Gasteiger charge is 2.25. The standard InChI is InChI=1S/C13H24N2O3/c1-4-14(7-11(2)3)13(17)8-15-5-6-18-10-12(15)9-16/h12,16H,2,4-10H2,1,3H3. The largest absolute Gasteiger partial charge is 0.395 e. The van der Waals surface area contributed by atoms with Crippen molar-refractivity contribution in [3.05, 3.63) is 12.2 Å². The number of morpholine rings is 1. The Morgan fingerprint density at radius 2 is 2.33 bits per heavy atom. The summed E-state index contributed by atoms with van der Waals surface area (Å²) in [7, 11) is 0. The molecule has 0 aliphatic carbocycles. The fraction of sp³-hybridized carbons (Fsp3) is 0.769. The molecular formula is C13H24N2O3. The van der Waals surface area contributed by atoms with Gasteiger partial charge in [0.05, 0.1) is 32.4 Å². The van der Waals surface area contributed by atoms with Crippen LogP contribution >= 0.6 is 0 Å². The van der Waals surface area contributed by atoms with Crippen LogP contribution in [0.3, 0.4) is 0 Å². The summed E-state index contributed by atoms with van der Waals surface area (Å²) in [5.41, 5.74) is 0.978. The Morgan fingerprint density at radius 1 is 1.61 bits per heavy atom. The maximum atomic E-state index is 12.2. The summed E-state index contributed by atoms with van der Waals surface area (Å²) in [5, 5.41) is 9.25. The van der Waals surface area contributed by atoms with Gasteiger partial charge in [-0.3, -0.25) is 9.69 Å². The van der Waals surface area contributed by atoms with Crippen LogP contribution < -0.4 is 0 Å². The molecule has 1 N–H and O–H groups in total. The van der Waals surface area contributed by atoms with Crippen LogP contribution in [0.25, 0.3) is 0 Å². The summed E-state index contributed by atoms with van der Waals surface area (Å²) in [6.07, 6.45) is 0. The van der Waals surface area contributed by atoms with E-state index in [2.05, 4.69) is 6.58 Å². The Labute approximate surface area is 109 Å². The fourth-order valence-corrected chi connectivity index (χ4v) is 2.04. The van der Waals surface area contributed by atoms with Gasteiger partial charge in [-0.1, -0.05) is 12.2 Å². The molecule has 0 spiro atoms. The van der Waals surface area contributed by atoms with Crippen molar-refractivity contribution in [1.82, 2.24) is 9.80 Å². The molecule has 5 nitrogen and oxygen atoms in total. The molecule has 0 saturated carbocycles. The zero-order valence-corrected chi connectivity index (χ0v) is 11.4. The van der Waals surface area contributed by atoms with Crippen molar-refractivity contribution < 1.29 is 14.6 Å². The fourth-order valence-electron chi connectivity index (χ4n) is 2.04. The highest BCUT2D eigenvalue weighted by molar-refractivity contribution is 5.78. The van der Waals surface area contributed by atoms with Crippen LogP contribution in [0.5, 0.6) is 0 Å². The van der Waals surface area contributed by atoms with Crippen molar-refractivity contribution in [1.29, 1.82) is 0 Å². The summed E-state index contributed by atoms with van der Waals surface area (Å²) in [5.74, 6) is 0.0841. The molecular weight excluding hydrogens is 232 g/mol. The van der Waals surface area contributed by atoms with Crippen molar-refractivity contribution >= 4 is 5.91 Å². The maximum Gasteiger partial charge on any atom is 0.237 e. The van der Waals surface area contributed by atoms with Gasteiger partial charge in [0.15, 0.2) is 0 Å². The SMILES string of the molecule is C=C(C)CN(CC)C(=O)CN1CCOCC1CO. The number of carbonyl (C=O) groups excluding carboxylic acids is 1. The molecule has 0 aromatic rings. The van der Waals surface area contributed by atoms with E-state index in [1.807, 2.05) is 18.7 Å². The van der Waals surface area contributed by atoms with E-state index in [0.29, 0.717) is 39.4 Å². The number of nitrogens with zero attached hydrogens (tertiary/aromatic N) is 2.